The molecule has 2 rings (SSSR count). The Kier molecular flexibility index (Phi) is 3.95. The molecule has 4 heteroatoms. The highest BCUT2D eigenvalue weighted by Gasteiger charge is 2.27. The van der Waals surface area contributed by atoms with E-state index in [4.69, 9.17) is 5.26 Å². The van der Waals surface area contributed by atoms with Gasteiger partial charge in [-0.2, -0.15) is 5.26 Å². The van der Waals surface area contributed by atoms with Crippen LogP contribution >= 0.6 is 0 Å². The van der Waals surface area contributed by atoms with Crippen LogP contribution in [0.5, 0.6) is 0 Å². The Morgan fingerprint density at radius 3 is 2.94 bits per heavy atom. The van der Waals surface area contributed by atoms with Crippen molar-refractivity contribution in [2.45, 2.75) is 38.3 Å². The minimum atomic E-state index is 0.654. The molecular weight excluding hydrogens is 200 g/mol. The van der Waals surface area contributed by atoms with Gasteiger partial charge in [0.1, 0.15) is 0 Å². The van der Waals surface area contributed by atoms with Gasteiger partial charge in [0.2, 0.25) is 0 Å². The fourth-order valence-electron chi connectivity index (χ4n) is 1.99. The van der Waals surface area contributed by atoms with Crippen molar-refractivity contribution in [3.05, 3.63) is 18.7 Å². The van der Waals surface area contributed by atoms with Gasteiger partial charge in [-0.05, 0) is 19.3 Å². The highest BCUT2D eigenvalue weighted by molar-refractivity contribution is 4.86. The van der Waals surface area contributed by atoms with Gasteiger partial charge in [-0.15, -0.1) is 0 Å². The zero-order valence-electron chi connectivity index (χ0n) is 9.55. The highest BCUT2D eigenvalue weighted by Crippen LogP contribution is 2.26. The van der Waals surface area contributed by atoms with Gasteiger partial charge < -0.3 is 4.57 Å². The van der Waals surface area contributed by atoms with Crippen LogP contribution in [-0.4, -0.2) is 33.6 Å². The van der Waals surface area contributed by atoms with Gasteiger partial charge in [-0.25, -0.2) is 4.98 Å². The molecule has 86 valence electrons. The number of imidazole rings is 1. The number of rotatable bonds is 7. The van der Waals surface area contributed by atoms with Gasteiger partial charge >= 0.3 is 0 Å². The van der Waals surface area contributed by atoms with Crippen molar-refractivity contribution in [1.82, 2.24) is 14.5 Å². The molecular formula is C12H18N4. The predicted octanol–water partition coefficient (Wildman–Crippen LogP) is 1.65. The lowest BCUT2D eigenvalue weighted by Gasteiger charge is -2.20. The van der Waals surface area contributed by atoms with Gasteiger partial charge in [0.05, 0.1) is 12.4 Å². The molecule has 0 radical (unpaired) electrons. The van der Waals surface area contributed by atoms with Crippen LogP contribution < -0.4 is 0 Å². The number of aryl methyl sites for hydroxylation is 1. The van der Waals surface area contributed by atoms with Crippen LogP contribution in [0.25, 0.3) is 0 Å². The van der Waals surface area contributed by atoms with E-state index in [9.17, 15) is 0 Å². The normalized spacial score (nSPS) is 15.2. The van der Waals surface area contributed by atoms with E-state index < -0.39 is 0 Å². The monoisotopic (exact) mass is 218 g/mol. The Bertz CT molecular complexity index is 334. The standard InChI is InChI=1S/C12H18N4/c13-5-1-8-16(12-3-4-12)9-2-7-15-10-6-14-11-15/h6,10-12H,1-4,7-9H2. The maximum atomic E-state index is 8.60. The van der Waals surface area contributed by atoms with E-state index in [1.807, 2.05) is 18.7 Å². The highest BCUT2D eigenvalue weighted by atomic mass is 15.2. The van der Waals surface area contributed by atoms with Crippen LogP contribution in [0.1, 0.15) is 25.7 Å². The molecule has 0 unspecified atom stereocenters. The van der Waals surface area contributed by atoms with Crippen molar-refractivity contribution >= 4 is 0 Å². The van der Waals surface area contributed by atoms with Crippen LogP contribution in [-0.2, 0) is 6.54 Å². The van der Waals surface area contributed by atoms with Crippen molar-refractivity contribution in [2.75, 3.05) is 13.1 Å². The molecule has 0 bridgehead atoms. The topological polar surface area (TPSA) is 44.9 Å². The summed E-state index contributed by atoms with van der Waals surface area (Å²) in [6.45, 7) is 3.06. The lowest BCUT2D eigenvalue weighted by molar-refractivity contribution is 0.261. The zero-order valence-corrected chi connectivity index (χ0v) is 9.55. The molecule has 0 N–H and O–H groups in total. The van der Waals surface area contributed by atoms with Crippen LogP contribution in [0.2, 0.25) is 0 Å². The third-order valence-electron chi connectivity index (χ3n) is 2.99. The average molecular weight is 218 g/mol. The van der Waals surface area contributed by atoms with Crippen molar-refractivity contribution in [3.8, 4) is 6.07 Å². The minimum absolute atomic E-state index is 0.654. The number of nitrogens with zero attached hydrogens (tertiary/aromatic N) is 4. The third-order valence-corrected chi connectivity index (χ3v) is 2.99. The Labute approximate surface area is 96.5 Å². The van der Waals surface area contributed by atoms with Gasteiger partial charge in [0, 0.05) is 44.5 Å². The predicted molar refractivity (Wildman–Crippen MR) is 61.7 cm³/mol. The zero-order chi connectivity index (χ0) is 11.2. The lowest BCUT2D eigenvalue weighted by atomic mass is 10.3. The Morgan fingerprint density at radius 2 is 2.31 bits per heavy atom. The molecule has 0 spiro atoms. The summed E-state index contributed by atoms with van der Waals surface area (Å²) in [5.74, 6) is 0. The fraction of sp³-hybridized carbons (Fsp3) is 0.667. The molecule has 1 fully saturated rings. The lowest BCUT2D eigenvalue weighted by Crippen LogP contribution is -2.28. The van der Waals surface area contributed by atoms with E-state index in [0.717, 1.165) is 32.1 Å². The maximum absolute atomic E-state index is 8.60. The smallest absolute Gasteiger partial charge is 0.0945 e. The molecule has 1 aromatic heterocycles. The van der Waals surface area contributed by atoms with E-state index in [1.54, 1.807) is 0 Å². The Morgan fingerprint density at radius 1 is 1.44 bits per heavy atom. The van der Waals surface area contributed by atoms with Crippen LogP contribution in [0.3, 0.4) is 0 Å². The second-order valence-corrected chi connectivity index (χ2v) is 4.33. The van der Waals surface area contributed by atoms with E-state index in [2.05, 4.69) is 20.5 Å². The summed E-state index contributed by atoms with van der Waals surface area (Å²) in [4.78, 5) is 6.48. The molecule has 1 heterocycles. The molecule has 1 aromatic rings. The molecule has 0 aliphatic heterocycles. The summed E-state index contributed by atoms with van der Waals surface area (Å²) < 4.78 is 2.11. The number of hydrogen-bond donors (Lipinski definition) is 0. The van der Waals surface area contributed by atoms with Crippen LogP contribution in [0.15, 0.2) is 18.7 Å². The second kappa shape index (κ2) is 5.66. The number of nitriles is 1. The first-order chi connectivity index (χ1) is 7.90. The molecule has 0 aromatic carbocycles. The van der Waals surface area contributed by atoms with E-state index in [-0.39, 0.29) is 0 Å². The van der Waals surface area contributed by atoms with Crippen molar-refractivity contribution in [1.29, 1.82) is 5.26 Å². The molecule has 4 nitrogen and oxygen atoms in total. The quantitative estimate of drug-likeness (QED) is 0.699. The molecule has 1 aliphatic carbocycles. The van der Waals surface area contributed by atoms with Crippen LogP contribution in [0, 0.1) is 11.3 Å². The first-order valence-corrected chi connectivity index (χ1v) is 5.97. The first-order valence-electron chi connectivity index (χ1n) is 5.97. The first kappa shape index (κ1) is 11.2. The maximum Gasteiger partial charge on any atom is 0.0945 e. The van der Waals surface area contributed by atoms with Gasteiger partial charge in [0.25, 0.3) is 0 Å². The summed E-state index contributed by atoms with van der Waals surface area (Å²) >= 11 is 0. The summed E-state index contributed by atoms with van der Waals surface area (Å²) in [5.41, 5.74) is 0. The third kappa shape index (κ3) is 3.35. The Balaban J connectivity index is 1.68. The fourth-order valence-corrected chi connectivity index (χ4v) is 1.99. The molecule has 0 atom stereocenters. The van der Waals surface area contributed by atoms with E-state index in [1.165, 1.54) is 12.8 Å². The minimum Gasteiger partial charge on any atom is -0.337 e. The van der Waals surface area contributed by atoms with Crippen molar-refractivity contribution in [3.63, 3.8) is 0 Å². The summed E-state index contributed by atoms with van der Waals surface area (Å²) in [6.07, 6.45) is 10.1. The molecule has 0 amide bonds. The molecule has 0 saturated heterocycles. The summed E-state index contributed by atoms with van der Waals surface area (Å²) in [6, 6.07) is 2.99. The van der Waals surface area contributed by atoms with Crippen molar-refractivity contribution < 1.29 is 0 Å². The average Bonchev–Trinajstić information content (AvgIpc) is 3.01. The Hall–Kier alpha value is -1.34. The number of hydrogen-bond acceptors (Lipinski definition) is 3. The van der Waals surface area contributed by atoms with Gasteiger partial charge in [0.15, 0.2) is 0 Å². The largest absolute Gasteiger partial charge is 0.337 e. The molecule has 1 saturated carbocycles. The van der Waals surface area contributed by atoms with Gasteiger partial charge in [-0.1, -0.05) is 0 Å². The van der Waals surface area contributed by atoms with Crippen molar-refractivity contribution in [2.24, 2.45) is 0 Å². The van der Waals surface area contributed by atoms with E-state index in [0.29, 0.717) is 6.42 Å². The SMILES string of the molecule is N#CCCN(CCCn1ccnc1)C1CC1. The second-order valence-electron chi connectivity index (χ2n) is 4.33. The molecule has 1 aliphatic rings. The van der Waals surface area contributed by atoms with Gasteiger partial charge in [-0.3, -0.25) is 4.90 Å². The molecule has 16 heavy (non-hydrogen) atoms. The summed E-state index contributed by atoms with van der Waals surface area (Å²) in [7, 11) is 0. The summed E-state index contributed by atoms with van der Waals surface area (Å²) in [5, 5.41) is 8.60. The number of aromatic nitrogens is 2. The van der Waals surface area contributed by atoms with E-state index >= 15 is 0 Å². The van der Waals surface area contributed by atoms with Crippen LogP contribution in [0.4, 0.5) is 0 Å².